The van der Waals surface area contributed by atoms with E-state index in [1.54, 1.807) is 12.1 Å². The minimum absolute atomic E-state index is 0.232. The molecule has 0 atom stereocenters. The van der Waals surface area contributed by atoms with Crippen LogP contribution in [0, 0.1) is 11.6 Å². The van der Waals surface area contributed by atoms with Crippen LogP contribution in [-0.2, 0) is 12.8 Å². The Balaban J connectivity index is 2.58. The summed E-state index contributed by atoms with van der Waals surface area (Å²) >= 11 is 0. The minimum atomic E-state index is -0.465. The zero-order valence-electron chi connectivity index (χ0n) is 12.1. The number of ketones is 1. The first-order valence-corrected chi connectivity index (χ1v) is 6.91. The van der Waals surface area contributed by atoms with Crippen LogP contribution in [0.1, 0.15) is 27.0 Å². The van der Waals surface area contributed by atoms with Crippen molar-refractivity contribution < 1.29 is 13.6 Å². The molecule has 2 aromatic rings. The van der Waals surface area contributed by atoms with E-state index in [9.17, 15) is 13.6 Å². The molecule has 0 saturated heterocycles. The van der Waals surface area contributed by atoms with Gasteiger partial charge in [-0.05, 0) is 25.0 Å². The van der Waals surface area contributed by atoms with Crippen molar-refractivity contribution in [1.29, 1.82) is 0 Å². The summed E-state index contributed by atoms with van der Waals surface area (Å²) < 4.78 is 27.9. The first kappa shape index (κ1) is 15.8. The van der Waals surface area contributed by atoms with Crippen molar-refractivity contribution in [3.05, 3.63) is 95.6 Å². The van der Waals surface area contributed by atoms with Gasteiger partial charge in [-0.1, -0.05) is 36.4 Å². The molecule has 0 aromatic heterocycles. The third kappa shape index (κ3) is 3.03. The minimum Gasteiger partial charge on any atom is -0.289 e. The summed E-state index contributed by atoms with van der Waals surface area (Å²) in [7, 11) is 0. The highest BCUT2D eigenvalue weighted by Gasteiger charge is 2.19. The summed E-state index contributed by atoms with van der Waals surface area (Å²) in [4.78, 5) is 12.7. The molecular weight excluding hydrogens is 282 g/mol. The second-order valence-electron chi connectivity index (χ2n) is 4.85. The van der Waals surface area contributed by atoms with E-state index in [0.29, 0.717) is 0 Å². The number of rotatable bonds is 6. The summed E-state index contributed by atoms with van der Waals surface area (Å²) in [5.74, 6) is -1.33. The number of hydrogen-bond acceptors (Lipinski definition) is 1. The molecule has 2 rings (SSSR count). The molecule has 0 heterocycles. The normalized spacial score (nSPS) is 10.3. The number of benzene rings is 2. The van der Waals surface area contributed by atoms with E-state index in [-0.39, 0.29) is 35.1 Å². The van der Waals surface area contributed by atoms with Crippen LogP contribution < -0.4 is 0 Å². The molecule has 2 aromatic carbocycles. The van der Waals surface area contributed by atoms with Crippen LogP contribution in [0.15, 0.2) is 61.7 Å². The number of hydrogen-bond donors (Lipinski definition) is 0. The molecule has 1 nitrogen and oxygen atoms in total. The van der Waals surface area contributed by atoms with Crippen LogP contribution >= 0.6 is 0 Å². The van der Waals surface area contributed by atoms with Gasteiger partial charge < -0.3 is 0 Å². The van der Waals surface area contributed by atoms with E-state index >= 15 is 0 Å². The zero-order chi connectivity index (χ0) is 16.1. The molecule has 22 heavy (non-hydrogen) atoms. The molecule has 0 aliphatic rings. The second kappa shape index (κ2) is 6.94. The number of allylic oxidation sites excluding steroid dienone is 2. The van der Waals surface area contributed by atoms with E-state index in [4.69, 9.17) is 0 Å². The molecule has 112 valence electrons. The molecule has 0 N–H and O–H groups in total. The van der Waals surface area contributed by atoms with Crippen LogP contribution in [-0.4, -0.2) is 5.78 Å². The van der Waals surface area contributed by atoms with Gasteiger partial charge in [0.2, 0.25) is 0 Å². The first-order valence-electron chi connectivity index (χ1n) is 6.91. The van der Waals surface area contributed by atoms with Crippen molar-refractivity contribution in [2.75, 3.05) is 0 Å². The molecule has 0 radical (unpaired) electrons. The molecule has 0 fully saturated rings. The average Bonchev–Trinajstić information content (AvgIpc) is 2.51. The van der Waals surface area contributed by atoms with Crippen LogP contribution in [0.25, 0.3) is 0 Å². The SMILES string of the molecule is C=CCc1c(F)cccc1C(=O)c1cccc(F)c1CC=C. The molecule has 0 unspecified atom stereocenters. The maximum Gasteiger partial charge on any atom is 0.193 e. The van der Waals surface area contributed by atoms with Crippen molar-refractivity contribution in [3.8, 4) is 0 Å². The summed E-state index contributed by atoms with van der Waals surface area (Å²) in [5, 5.41) is 0. The smallest absolute Gasteiger partial charge is 0.193 e. The van der Waals surface area contributed by atoms with Crippen molar-refractivity contribution in [2.24, 2.45) is 0 Å². The van der Waals surface area contributed by atoms with Crippen LogP contribution in [0.3, 0.4) is 0 Å². The van der Waals surface area contributed by atoms with Gasteiger partial charge >= 0.3 is 0 Å². The van der Waals surface area contributed by atoms with Gasteiger partial charge in [0, 0.05) is 22.3 Å². The lowest BCUT2D eigenvalue weighted by Crippen LogP contribution is -2.10. The predicted octanol–water partition coefficient (Wildman–Crippen LogP) is 4.65. The molecule has 0 saturated carbocycles. The third-order valence-electron chi connectivity index (χ3n) is 3.42. The lowest BCUT2D eigenvalue weighted by atomic mass is 9.92. The van der Waals surface area contributed by atoms with Crippen LogP contribution in [0.5, 0.6) is 0 Å². The quantitative estimate of drug-likeness (QED) is 0.560. The Hall–Kier alpha value is -2.55. The highest BCUT2D eigenvalue weighted by atomic mass is 19.1. The first-order chi connectivity index (χ1) is 10.6. The molecule has 0 spiro atoms. The van der Waals surface area contributed by atoms with Gasteiger partial charge in [-0.2, -0.15) is 0 Å². The van der Waals surface area contributed by atoms with Crippen molar-refractivity contribution in [3.63, 3.8) is 0 Å². The highest BCUT2D eigenvalue weighted by Crippen LogP contribution is 2.23. The molecule has 3 heteroatoms. The Morgan fingerprint density at radius 1 is 0.864 bits per heavy atom. The second-order valence-corrected chi connectivity index (χ2v) is 4.85. The Morgan fingerprint density at radius 3 is 1.64 bits per heavy atom. The van der Waals surface area contributed by atoms with Crippen molar-refractivity contribution in [1.82, 2.24) is 0 Å². The number of carbonyl (C=O) groups is 1. The number of halogens is 2. The fourth-order valence-corrected chi connectivity index (χ4v) is 2.39. The van der Waals surface area contributed by atoms with Gasteiger partial charge in [-0.15, -0.1) is 13.2 Å². The molecule has 0 bridgehead atoms. The summed E-state index contributed by atoms with van der Waals surface area (Å²) in [5.41, 5.74) is 1.01. The fraction of sp³-hybridized carbons (Fsp3) is 0.105. The Labute approximate surface area is 128 Å². The lowest BCUT2D eigenvalue weighted by Gasteiger charge is -2.12. The van der Waals surface area contributed by atoms with Gasteiger partial charge in [0.05, 0.1) is 0 Å². The standard InChI is InChI=1S/C19H16F2O/c1-3-7-13-15(9-5-11-17(13)20)19(22)16-10-6-12-18(21)14(16)8-4-2/h3-6,9-12H,1-2,7-8H2. The average molecular weight is 298 g/mol. The van der Waals surface area contributed by atoms with Crippen molar-refractivity contribution >= 4 is 5.78 Å². The van der Waals surface area contributed by atoms with E-state index in [0.717, 1.165) is 0 Å². The summed E-state index contributed by atoms with van der Waals surface area (Å²) in [6, 6.07) is 8.64. The largest absolute Gasteiger partial charge is 0.289 e. The summed E-state index contributed by atoms with van der Waals surface area (Å²) in [6.45, 7) is 7.16. The fourth-order valence-electron chi connectivity index (χ4n) is 2.39. The monoisotopic (exact) mass is 298 g/mol. The Morgan fingerprint density at radius 2 is 1.27 bits per heavy atom. The molecular formula is C19H16F2O. The van der Waals surface area contributed by atoms with E-state index in [1.165, 1.54) is 36.4 Å². The van der Waals surface area contributed by atoms with E-state index in [1.807, 2.05) is 0 Å². The summed E-state index contributed by atoms with van der Waals surface area (Å²) in [6.07, 6.45) is 3.54. The van der Waals surface area contributed by atoms with Gasteiger partial charge in [0.25, 0.3) is 0 Å². The van der Waals surface area contributed by atoms with E-state index < -0.39 is 17.4 Å². The van der Waals surface area contributed by atoms with Crippen LogP contribution in [0.2, 0.25) is 0 Å². The van der Waals surface area contributed by atoms with Gasteiger partial charge in [0.15, 0.2) is 5.78 Å². The maximum atomic E-state index is 14.0. The van der Waals surface area contributed by atoms with Gasteiger partial charge in [-0.25, -0.2) is 8.78 Å². The number of carbonyl (C=O) groups excluding carboxylic acids is 1. The molecule has 0 amide bonds. The lowest BCUT2D eigenvalue weighted by molar-refractivity contribution is 0.103. The highest BCUT2D eigenvalue weighted by molar-refractivity contribution is 6.11. The van der Waals surface area contributed by atoms with Gasteiger partial charge in [0.1, 0.15) is 11.6 Å². The molecule has 0 aliphatic heterocycles. The predicted molar refractivity (Wildman–Crippen MR) is 84.0 cm³/mol. The van der Waals surface area contributed by atoms with Crippen molar-refractivity contribution in [2.45, 2.75) is 12.8 Å². The topological polar surface area (TPSA) is 17.1 Å². The zero-order valence-corrected chi connectivity index (χ0v) is 12.1. The Kier molecular flexibility index (Phi) is 4.99. The van der Waals surface area contributed by atoms with Crippen LogP contribution in [0.4, 0.5) is 8.78 Å². The Bertz CT molecular complexity index is 671. The third-order valence-corrected chi connectivity index (χ3v) is 3.42. The maximum absolute atomic E-state index is 14.0. The molecule has 0 aliphatic carbocycles. The van der Waals surface area contributed by atoms with Gasteiger partial charge in [-0.3, -0.25) is 4.79 Å². The van der Waals surface area contributed by atoms with E-state index in [2.05, 4.69) is 13.2 Å².